The summed E-state index contributed by atoms with van der Waals surface area (Å²) in [4.78, 5) is 17.8. The standard InChI is InChI=1S/C31H23NOS/c1-20-17-21(2)19-23(18-20)32-29-16-15-26(27-9-6-10-28(30(27)29)31(32)33)22-11-13-25(14-12-22)34-24-7-4-3-5-8-24/h3-19H,1-2H3. The van der Waals surface area contributed by atoms with Gasteiger partial charge < -0.3 is 0 Å². The topological polar surface area (TPSA) is 20.3 Å². The molecule has 5 aromatic carbocycles. The molecule has 0 aliphatic carbocycles. The lowest BCUT2D eigenvalue weighted by atomic mass is 9.96. The molecule has 6 rings (SSSR count). The fourth-order valence-electron chi connectivity index (χ4n) is 4.90. The average molecular weight is 458 g/mol. The number of anilines is 2. The van der Waals surface area contributed by atoms with Crippen molar-refractivity contribution in [3.8, 4) is 11.1 Å². The van der Waals surface area contributed by atoms with Gasteiger partial charge in [0.05, 0.1) is 11.3 Å². The number of hydrogen-bond acceptors (Lipinski definition) is 2. The molecular formula is C31H23NOS. The molecule has 1 amide bonds. The first-order valence-electron chi connectivity index (χ1n) is 11.4. The van der Waals surface area contributed by atoms with Crippen LogP contribution >= 0.6 is 11.8 Å². The van der Waals surface area contributed by atoms with Gasteiger partial charge in [-0.05, 0) is 90.0 Å². The summed E-state index contributed by atoms with van der Waals surface area (Å²) in [7, 11) is 0. The molecule has 1 heterocycles. The van der Waals surface area contributed by atoms with Crippen LogP contribution in [0.25, 0.3) is 21.9 Å². The zero-order valence-electron chi connectivity index (χ0n) is 19.1. The van der Waals surface area contributed by atoms with E-state index in [9.17, 15) is 4.79 Å². The highest BCUT2D eigenvalue weighted by molar-refractivity contribution is 7.99. The predicted molar refractivity (Wildman–Crippen MR) is 142 cm³/mol. The largest absolute Gasteiger partial charge is 0.276 e. The van der Waals surface area contributed by atoms with Gasteiger partial charge in [-0.2, -0.15) is 0 Å². The highest BCUT2D eigenvalue weighted by Gasteiger charge is 2.31. The van der Waals surface area contributed by atoms with Crippen LogP contribution < -0.4 is 4.90 Å². The van der Waals surface area contributed by atoms with E-state index in [1.54, 1.807) is 11.8 Å². The van der Waals surface area contributed by atoms with Crippen LogP contribution in [0.2, 0.25) is 0 Å². The number of rotatable bonds is 4. The molecule has 0 unspecified atom stereocenters. The second kappa shape index (κ2) is 8.19. The third kappa shape index (κ3) is 3.49. The van der Waals surface area contributed by atoms with Crippen molar-refractivity contribution in [3.05, 3.63) is 120 Å². The van der Waals surface area contributed by atoms with Crippen molar-refractivity contribution >= 4 is 39.8 Å². The van der Waals surface area contributed by atoms with E-state index < -0.39 is 0 Å². The Morgan fingerprint density at radius 3 is 2.09 bits per heavy atom. The molecule has 0 bridgehead atoms. The van der Waals surface area contributed by atoms with Gasteiger partial charge in [-0.15, -0.1) is 0 Å². The Morgan fingerprint density at radius 2 is 1.35 bits per heavy atom. The van der Waals surface area contributed by atoms with Crippen LogP contribution in [0.4, 0.5) is 11.4 Å². The lowest BCUT2D eigenvalue weighted by molar-refractivity contribution is 0.100. The van der Waals surface area contributed by atoms with Gasteiger partial charge in [0.2, 0.25) is 0 Å². The fourth-order valence-corrected chi connectivity index (χ4v) is 5.74. The summed E-state index contributed by atoms with van der Waals surface area (Å²) in [6.07, 6.45) is 0. The van der Waals surface area contributed by atoms with Crippen molar-refractivity contribution in [1.82, 2.24) is 0 Å². The second-order valence-corrected chi connectivity index (χ2v) is 9.93. The molecule has 1 aliphatic rings. The summed E-state index contributed by atoms with van der Waals surface area (Å²) in [6, 6.07) is 35.7. The molecule has 2 nitrogen and oxygen atoms in total. The molecule has 164 valence electrons. The van der Waals surface area contributed by atoms with Crippen molar-refractivity contribution in [1.29, 1.82) is 0 Å². The minimum atomic E-state index is 0.0392. The second-order valence-electron chi connectivity index (χ2n) is 8.79. The smallest absolute Gasteiger partial charge is 0.263 e. The number of aryl methyl sites for hydroxylation is 2. The Hall–Kier alpha value is -3.82. The number of benzene rings is 5. The Kier molecular flexibility index (Phi) is 5.00. The van der Waals surface area contributed by atoms with Crippen LogP contribution in [0, 0.1) is 13.8 Å². The normalized spacial score (nSPS) is 12.5. The van der Waals surface area contributed by atoms with Gasteiger partial charge in [-0.1, -0.05) is 66.4 Å². The highest BCUT2D eigenvalue weighted by atomic mass is 32.2. The first-order chi connectivity index (χ1) is 16.6. The Morgan fingerprint density at radius 1 is 0.647 bits per heavy atom. The number of carbonyl (C=O) groups is 1. The van der Waals surface area contributed by atoms with Crippen LogP contribution in [0.1, 0.15) is 21.5 Å². The lowest BCUT2D eigenvalue weighted by Gasteiger charge is -2.19. The van der Waals surface area contributed by atoms with Crippen molar-refractivity contribution in [3.63, 3.8) is 0 Å². The molecule has 0 N–H and O–H groups in total. The third-order valence-corrected chi connectivity index (χ3v) is 7.32. The number of carbonyl (C=O) groups excluding carboxylic acids is 1. The number of nitrogens with zero attached hydrogens (tertiary/aromatic N) is 1. The summed E-state index contributed by atoms with van der Waals surface area (Å²) in [6.45, 7) is 4.14. The molecule has 5 aromatic rings. The average Bonchev–Trinajstić information content (AvgIpc) is 3.13. The van der Waals surface area contributed by atoms with Crippen LogP contribution in [0.3, 0.4) is 0 Å². The van der Waals surface area contributed by atoms with E-state index in [1.807, 2.05) is 23.1 Å². The molecule has 0 fully saturated rings. The fraction of sp³-hybridized carbons (Fsp3) is 0.0645. The molecule has 0 aromatic heterocycles. The van der Waals surface area contributed by atoms with E-state index in [0.717, 1.165) is 50.0 Å². The summed E-state index contributed by atoms with van der Waals surface area (Å²) in [5.74, 6) is 0.0392. The van der Waals surface area contributed by atoms with Gasteiger partial charge >= 0.3 is 0 Å². The van der Waals surface area contributed by atoms with E-state index in [-0.39, 0.29) is 5.91 Å². The monoisotopic (exact) mass is 457 g/mol. The van der Waals surface area contributed by atoms with Crippen molar-refractivity contribution in [2.45, 2.75) is 23.6 Å². The maximum Gasteiger partial charge on any atom is 0.263 e. The molecule has 0 saturated carbocycles. The van der Waals surface area contributed by atoms with E-state index in [4.69, 9.17) is 0 Å². The molecule has 0 radical (unpaired) electrons. The Balaban J connectivity index is 1.42. The van der Waals surface area contributed by atoms with E-state index >= 15 is 0 Å². The first kappa shape index (κ1) is 20.8. The van der Waals surface area contributed by atoms with E-state index in [1.165, 1.54) is 9.79 Å². The quantitative estimate of drug-likeness (QED) is 0.269. The summed E-state index contributed by atoms with van der Waals surface area (Å²) in [5.41, 5.74) is 7.26. The summed E-state index contributed by atoms with van der Waals surface area (Å²) < 4.78 is 0. The lowest BCUT2D eigenvalue weighted by Crippen LogP contribution is -2.21. The Labute approximate surface area is 203 Å². The molecule has 0 atom stereocenters. The van der Waals surface area contributed by atoms with E-state index in [2.05, 4.69) is 98.8 Å². The third-order valence-electron chi connectivity index (χ3n) is 6.30. The summed E-state index contributed by atoms with van der Waals surface area (Å²) >= 11 is 1.76. The SMILES string of the molecule is Cc1cc(C)cc(N2C(=O)c3cccc4c(-c5ccc(Sc6ccccc6)cc5)ccc2c34)c1. The van der Waals surface area contributed by atoms with Gasteiger partial charge in [0.15, 0.2) is 0 Å². The predicted octanol–water partition coefficient (Wildman–Crippen LogP) is 8.57. The van der Waals surface area contributed by atoms with Crippen molar-refractivity contribution in [2.24, 2.45) is 0 Å². The van der Waals surface area contributed by atoms with Crippen LogP contribution in [-0.4, -0.2) is 5.91 Å². The number of amides is 1. The van der Waals surface area contributed by atoms with Gasteiger partial charge in [-0.25, -0.2) is 0 Å². The highest BCUT2D eigenvalue weighted by Crippen LogP contribution is 2.45. The van der Waals surface area contributed by atoms with Crippen LogP contribution in [-0.2, 0) is 0 Å². The molecule has 3 heteroatoms. The van der Waals surface area contributed by atoms with Crippen molar-refractivity contribution < 1.29 is 4.79 Å². The van der Waals surface area contributed by atoms with Crippen molar-refractivity contribution in [2.75, 3.05) is 4.90 Å². The molecule has 0 saturated heterocycles. The van der Waals surface area contributed by atoms with Gasteiger partial charge in [0.1, 0.15) is 0 Å². The maximum absolute atomic E-state index is 13.5. The molecule has 0 spiro atoms. The zero-order valence-corrected chi connectivity index (χ0v) is 19.9. The summed E-state index contributed by atoms with van der Waals surface area (Å²) in [5, 5.41) is 2.14. The van der Waals surface area contributed by atoms with Gasteiger partial charge in [0.25, 0.3) is 5.91 Å². The van der Waals surface area contributed by atoms with E-state index in [0.29, 0.717) is 0 Å². The minimum absolute atomic E-state index is 0.0392. The van der Waals surface area contributed by atoms with Crippen LogP contribution in [0.5, 0.6) is 0 Å². The molecule has 34 heavy (non-hydrogen) atoms. The first-order valence-corrected chi connectivity index (χ1v) is 12.2. The molecule has 1 aliphatic heterocycles. The maximum atomic E-state index is 13.5. The van der Waals surface area contributed by atoms with Crippen LogP contribution in [0.15, 0.2) is 113 Å². The molecular weight excluding hydrogens is 434 g/mol. The Bertz CT molecular complexity index is 1530. The minimum Gasteiger partial charge on any atom is -0.276 e. The van der Waals surface area contributed by atoms with Gasteiger partial charge in [0, 0.05) is 20.9 Å². The number of hydrogen-bond donors (Lipinski definition) is 0. The van der Waals surface area contributed by atoms with Gasteiger partial charge in [-0.3, -0.25) is 9.69 Å². The zero-order chi connectivity index (χ0) is 23.2.